The number of nitrogens with one attached hydrogen (secondary N) is 2. The molecule has 0 fully saturated rings. The molecule has 0 bridgehead atoms. The summed E-state index contributed by atoms with van der Waals surface area (Å²) >= 11 is 0. The van der Waals surface area contributed by atoms with Crippen LogP contribution < -0.4 is 14.8 Å². The van der Waals surface area contributed by atoms with E-state index in [-0.39, 0.29) is 23.1 Å². The molecule has 1 unspecified atom stereocenters. The first kappa shape index (κ1) is 18.7. The van der Waals surface area contributed by atoms with Crippen molar-refractivity contribution >= 4 is 33.3 Å². The number of carbonyl (C=O) groups excluding carboxylic acids is 2. The van der Waals surface area contributed by atoms with E-state index in [1.807, 2.05) is 0 Å². The standard InChI is InChI=1S/C18H18N2O6S/c1-3-25-18(22)12-4-6-13(7-5-12)20-27(23,24)14-8-9-16-15(10-14)19-17(21)11(2)26-16/h4-11,20H,3H2,1-2H3,(H,19,21). The van der Waals surface area contributed by atoms with Crippen molar-refractivity contribution in [2.24, 2.45) is 0 Å². The summed E-state index contributed by atoms with van der Waals surface area (Å²) in [6.07, 6.45) is -0.643. The van der Waals surface area contributed by atoms with Crippen molar-refractivity contribution in [2.75, 3.05) is 16.6 Å². The molecule has 9 heteroatoms. The fraction of sp³-hybridized carbons (Fsp3) is 0.222. The SMILES string of the molecule is CCOC(=O)c1ccc(NS(=O)(=O)c2ccc3c(c2)NC(=O)C(C)O3)cc1. The van der Waals surface area contributed by atoms with Crippen LogP contribution in [0.4, 0.5) is 11.4 Å². The van der Waals surface area contributed by atoms with Gasteiger partial charge in [-0.1, -0.05) is 0 Å². The van der Waals surface area contributed by atoms with Crippen LogP contribution in [0.2, 0.25) is 0 Å². The van der Waals surface area contributed by atoms with Crippen molar-refractivity contribution in [3.05, 3.63) is 48.0 Å². The summed E-state index contributed by atoms with van der Waals surface area (Å²) < 4.78 is 37.9. The van der Waals surface area contributed by atoms with E-state index in [2.05, 4.69) is 10.0 Å². The van der Waals surface area contributed by atoms with E-state index in [0.717, 1.165) is 0 Å². The Morgan fingerprint density at radius 3 is 2.59 bits per heavy atom. The quantitative estimate of drug-likeness (QED) is 0.759. The Morgan fingerprint density at radius 2 is 1.93 bits per heavy atom. The van der Waals surface area contributed by atoms with E-state index in [9.17, 15) is 18.0 Å². The van der Waals surface area contributed by atoms with Gasteiger partial charge in [-0.2, -0.15) is 0 Å². The molecule has 1 atom stereocenters. The summed E-state index contributed by atoms with van der Waals surface area (Å²) in [4.78, 5) is 23.3. The van der Waals surface area contributed by atoms with Gasteiger partial charge in [0, 0.05) is 5.69 Å². The minimum Gasteiger partial charge on any atom is -0.479 e. The Bertz CT molecular complexity index is 985. The lowest BCUT2D eigenvalue weighted by molar-refractivity contribution is -0.122. The van der Waals surface area contributed by atoms with E-state index in [0.29, 0.717) is 17.0 Å². The summed E-state index contributed by atoms with van der Waals surface area (Å²) in [6, 6.07) is 10.1. The minimum absolute atomic E-state index is 0.0332. The van der Waals surface area contributed by atoms with Crippen molar-refractivity contribution in [3.8, 4) is 5.75 Å². The molecule has 0 saturated carbocycles. The van der Waals surface area contributed by atoms with Crippen molar-refractivity contribution in [1.82, 2.24) is 0 Å². The van der Waals surface area contributed by atoms with Crippen LogP contribution in [-0.2, 0) is 19.6 Å². The maximum Gasteiger partial charge on any atom is 0.338 e. The van der Waals surface area contributed by atoms with E-state index in [4.69, 9.17) is 9.47 Å². The second-order valence-electron chi connectivity index (χ2n) is 5.81. The molecule has 3 rings (SSSR count). The van der Waals surface area contributed by atoms with Gasteiger partial charge in [0.25, 0.3) is 15.9 Å². The predicted octanol–water partition coefficient (Wildman–Crippen LogP) is 2.38. The average Bonchev–Trinajstić information content (AvgIpc) is 2.63. The highest BCUT2D eigenvalue weighted by atomic mass is 32.2. The monoisotopic (exact) mass is 390 g/mol. The third-order valence-corrected chi connectivity index (χ3v) is 5.22. The van der Waals surface area contributed by atoms with Crippen molar-refractivity contribution < 1.29 is 27.5 Å². The second-order valence-corrected chi connectivity index (χ2v) is 7.49. The molecule has 8 nitrogen and oxygen atoms in total. The molecule has 2 aromatic carbocycles. The maximum absolute atomic E-state index is 12.6. The summed E-state index contributed by atoms with van der Waals surface area (Å²) in [5.74, 6) is -0.425. The number of fused-ring (bicyclic) bond motifs is 1. The molecule has 0 aliphatic carbocycles. The van der Waals surface area contributed by atoms with Crippen LogP contribution >= 0.6 is 0 Å². The Kier molecular flexibility index (Phi) is 5.04. The summed E-state index contributed by atoms with van der Waals surface area (Å²) in [6.45, 7) is 3.56. The largest absolute Gasteiger partial charge is 0.479 e. The Morgan fingerprint density at radius 1 is 1.22 bits per heavy atom. The number of rotatable bonds is 5. The fourth-order valence-electron chi connectivity index (χ4n) is 2.46. The maximum atomic E-state index is 12.6. The number of ether oxygens (including phenoxy) is 2. The molecule has 0 spiro atoms. The first-order valence-electron chi connectivity index (χ1n) is 8.21. The van der Waals surface area contributed by atoms with Gasteiger partial charge in [0.1, 0.15) is 5.75 Å². The summed E-state index contributed by atoms with van der Waals surface area (Å²) in [5, 5.41) is 2.61. The summed E-state index contributed by atoms with van der Waals surface area (Å²) in [7, 11) is -3.89. The molecule has 142 valence electrons. The first-order valence-corrected chi connectivity index (χ1v) is 9.70. The van der Waals surface area contributed by atoms with Crippen LogP contribution in [0.25, 0.3) is 0 Å². The Labute approximate surface area is 156 Å². The van der Waals surface area contributed by atoms with Crippen LogP contribution in [0.3, 0.4) is 0 Å². The van der Waals surface area contributed by atoms with Crippen molar-refractivity contribution in [2.45, 2.75) is 24.8 Å². The first-order chi connectivity index (χ1) is 12.8. The van der Waals surface area contributed by atoms with Crippen LogP contribution in [0.5, 0.6) is 5.75 Å². The van der Waals surface area contributed by atoms with Gasteiger partial charge in [-0.3, -0.25) is 9.52 Å². The second kappa shape index (κ2) is 7.28. The van der Waals surface area contributed by atoms with Gasteiger partial charge in [-0.05, 0) is 56.3 Å². The number of hydrogen-bond donors (Lipinski definition) is 2. The molecule has 1 aliphatic heterocycles. The molecule has 0 saturated heterocycles. The molecule has 1 heterocycles. The van der Waals surface area contributed by atoms with Gasteiger partial charge >= 0.3 is 5.97 Å². The molecule has 1 aliphatic rings. The molecular formula is C18H18N2O6S. The predicted molar refractivity (Wildman–Crippen MR) is 98.4 cm³/mol. The highest BCUT2D eigenvalue weighted by Crippen LogP contribution is 2.32. The third kappa shape index (κ3) is 4.03. The zero-order chi connectivity index (χ0) is 19.6. The zero-order valence-electron chi connectivity index (χ0n) is 14.7. The molecule has 27 heavy (non-hydrogen) atoms. The number of anilines is 2. The number of carbonyl (C=O) groups is 2. The zero-order valence-corrected chi connectivity index (χ0v) is 15.5. The third-order valence-electron chi connectivity index (χ3n) is 3.84. The van der Waals surface area contributed by atoms with E-state index < -0.39 is 22.1 Å². The van der Waals surface area contributed by atoms with Crippen LogP contribution in [-0.4, -0.2) is 33.0 Å². The highest BCUT2D eigenvalue weighted by Gasteiger charge is 2.25. The minimum atomic E-state index is -3.89. The Balaban J connectivity index is 1.80. The van der Waals surface area contributed by atoms with Gasteiger partial charge in [0.15, 0.2) is 6.10 Å². The molecule has 0 aromatic heterocycles. The normalized spacial score (nSPS) is 15.9. The lowest BCUT2D eigenvalue weighted by atomic mass is 10.2. The molecule has 2 aromatic rings. The van der Waals surface area contributed by atoms with Crippen LogP contribution in [0, 0.1) is 0 Å². The van der Waals surface area contributed by atoms with Crippen molar-refractivity contribution in [1.29, 1.82) is 0 Å². The van der Waals surface area contributed by atoms with E-state index >= 15 is 0 Å². The highest BCUT2D eigenvalue weighted by molar-refractivity contribution is 7.92. The number of benzene rings is 2. The number of sulfonamides is 1. The van der Waals surface area contributed by atoms with Crippen LogP contribution in [0.15, 0.2) is 47.4 Å². The smallest absolute Gasteiger partial charge is 0.338 e. The van der Waals surface area contributed by atoms with Gasteiger partial charge in [-0.15, -0.1) is 0 Å². The number of esters is 1. The van der Waals surface area contributed by atoms with Gasteiger partial charge in [0.2, 0.25) is 0 Å². The van der Waals surface area contributed by atoms with Gasteiger partial charge in [0.05, 0.1) is 22.8 Å². The topological polar surface area (TPSA) is 111 Å². The molecular weight excluding hydrogens is 372 g/mol. The summed E-state index contributed by atoms with van der Waals surface area (Å²) in [5.41, 5.74) is 0.899. The van der Waals surface area contributed by atoms with Crippen molar-refractivity contribution in [3.63, 3.8) is 0 Å². The van der Waals surface area contributed by atoms with E-state index in [1.54, 1.807) is 13.8 Å². The fourth-order valence-corrected chi connectivity index (χ4v) is 3.54. The molecule has 1 amide bonds. The number of hydrogen-bond acceptors (Lipinski definition) is 6. The van der Waals surface area contributed by atoms with E-state index in [1.165, 1.54) is 42.5 Å². The lowest BCUT2D eigenvalue weighted by Gasteiger charge is -2.23. The van der Waals surface area contributed by atoms with Gasteiger partial charge in [-0.25, -0.2) is 13.2 Å². The average molecular weight is 390 g/mol. The lowest BCUT2D eigenvalue weighted by Crippen LogP contribution is -2.34. The number of amides is 1. The Hall–Kier alpha value is -3.07. The molecule has 0 radical (unpaired) electrons. The molecule has 2 N–H and O–H groups in total. The van der Waals surface area contributed by atoms with Gasteiger partial charge < -0.3 is 14.8 Å². The van der Waals surface area contributed by atoms with Crippen LogP contribution in [0.1, 0.15) is 24.2 Å².